The van der Waals surface area contributed by atoms with Crippen LogP contribution in [0.2, 0.25) is 0 Å². The molecule has 0 aliphatic heterocycles. The highest BCUT2D eigenvalue weighted by atomic mass is 16.5. The summed E-state index contributed by atoms with van der Waals surface area (Å²) in [5.41, 5.74) is 2.83. The molecule has 15 heavy (non-hydrogen) atoms. The molecule has 2 heteroatoms. The minimum absolute atomic E-state index is 0.796. The van der Waals surface area contributed by atoms with Crippen LogP contribution in [0.15, 0.2) is 24.3 Å². The number of ether oxygens (including phenoxy) is 1. The van der Waals surface area contributed by atoms with E-state index in [0.717, 1.165) is 32.7 Å². The second-order valence-electron chi connectivity index (χ2n) is 3.50. The summed E-state index contributed by atoms with van der Waals surface area (Å²) in [5.74, 6) is 0. The second-order valence-corrected chi connectivity index (χ2v) is 3.50. The molecule has 0 amide bonds. The maximum Gasteiger partial charge on any atom is 0.0590 e. The lowest BCUT2D eigenvalue weighted by molar-refractivity contribution is 0.149. The molecule has 0 unspecified atom stereocenters. The van der Waals surface area contributed by atoms with E-state index in [1.807, 2.05) is 6.92 Å². The van der Waals surface area contributed by atoms with Crippen molar-refractivity contribution >= 4 is 0 Å². The Morgan fingerprint density at radius 3 is 2.53 bits per heavy atom. The lowest BCUT2D eigenvalue weighted by atomic mass is 10.1. The molecule has 0 bridgehead atoms. The average Bonchev–Trinajstić information content (AvgIpc) is 2.29. The van der Waals surface area contributed by atoms with E-state index in [2.05, 4.69) is 36.5 Å². The molecule has 0 saturated heterocycles. The van der Waals surface area contributed by atoms with Crippen LogP contribution in [0.4, 0.5) is 0 Å². The molecule has 0 spiro atoms. The van der Waals surface area contributed by atoms with Gasteiger partial charge in [0.15, 0.2) is 0 Å². The second kappa shape index (κ2) is 7.43. The molecule has 0 aliphatic rings. The largest absolute Gasteiger partial charge is 0.380 e. The van der Waals surface area contributed by atoms with Gasteiger partial charge in [0.1, 0.15) is 0 Å². The van der Waals surface area contributed by atoms with Crippen molar-refractivity contribution in [2.24, 2.45) is 0 Å². The van der Waals surface area contributed by atoms with Crippen molar-refractivity contribution in [3.05, 3.63) is 35.4 Å². The summed E-state index contributed by atoms with van der Waals surface area (Å²) in [7, 11) is 0. The lowest BCUT2D eigenvalue weighted by Gasteiger charge is -2.08. The third kappa shape index (κ3) is 4.45. The summed E-state index contributed by atoms with van der Waals surface area (Å²) < 4.78 is 5.27. The van der Waals surface area contributed by atoms with Crippen molar-refractivity contribution in [2.75, 3.05) is 19.8 Å². The number of rotatable bonds is 7. The summed E-state index contributed by atoms with van der Waals surface area (Å²) in [6, 6.07) is 8.58. The molecule has 2 nitrogen and oxygen atoms in total. The molecule has 0 saturated carbocycles. The molecule has 1 aromatic rings. The maximum atomic E-state index is 5.27. The van der Waals surface area contributed by atoms with E-state index in [0.29, 0.717) is 0 Å². The summed E-state index contributed by atoms with van der Waals surface area (Å²) in [6.07, 6.45) is 1.10. The van der Waals surface area contributed by atoms with Crippen LogP contribution in [0.3, 0.4) is 0 Å². The van der Waals surface area contributed by atoms with Gasteiger partial charge in [0.05, 0.1) is 6.61 Å². The Kier molecular flexibility index (Phi) is 6.05. The van der Waals surface area contributed by atoms with Gasteiger partial charge in [-0.2, -0.15) is 0 Å². The van der Waals surface area contributed by atoms with E-state index in [-0.39, 0.29) is 0 Å². The van der Waals surface area contributed by atoms with E-state index in [1.54, 1.807) is 0 Å². The van der Waals surface area contributed by atoms with Crippen LogP contribution in [-0.2, 0) is 17.7 Å². The summed E-state index contributed by atoms with van der Waals surface area (Å²) in [4.78, 5) is 0. The summed E-state index contributed by atoms with van der Waals surface area (Å²) >= 11 is 0. The standard InChI is InChI=1S/C13H21NO/c1-3-12-7-5-6-8-13(12)11-14-9-10-15-4-2/h5-8,14H,3-4,9-11H2,1-2H3. The summed E-state index contributed by atoms with van der Waals surface area (Å²) in [6.45, 7) is 7.67. The first kappa shape index (κ1) is 12.2. The number of hydrogen-bond acceptors (Lipinski definition) is 2. The molecule has 0 aromatic heterocycles. The van der Waals surface area contributed by atoms with Gasteiger partial charge in [0.25, 0.3) is 0 Å². The molecule has 0 aliphatic carbocycles. The zero-order valence-electron chi connectivity index (χ0n) is 9.75. The van der Waals surface area contributed by atoms with Crippen molar-refractivity contribution in [1.82, 2.24) is 5.32 Å². The van der Waals surface area contributed by atoms with Crippen molar-refractivity contribution in [1.29, 1.82) is 0 Å². The van der Waals surface area contributed by atoms with Gasteiger partial charge in [-0.25, -0.2) is 0 Å². The fraction of sp³-hybridized carbons (Fsp3) is 0.538. The Morgan fingerprint density at radius 1 is 1.13 bits per heavy atom. The molecule has 0 fully saturated rings. The molecule has 0 radical (unpaired) electrons. The summed E-state index contributed by atoms with van der Waals surface area (Å²) in [5, 5.41) is 3.39. The Bertz CT molecular complexity index is 273. The van der Waals surface area contributed by atoms with Crippen molar-refractivity contribution in [2.45, 2.75) is 26.8 Å². The molecule has 84 valence electrons. The van der Waals surface area contributed by atoms with E-state index in [4.69, 9.17) is 4.74 Å². The van der Waals surface area contributed by atoms with E-state index in [9.17, 15) is 0 Å². The molecule has 0 heterocycles. The molecular formula is C13H21NO. The Hall–Kier alpha value is -0.860. The van der Waals surface area contributed by atoms with Crippen LogP contribution in [0.1, 0.15) is 25.0 Å². The highest BCUT2D eigenvalue weighted by molar-refractivity contribution is 5.26. The van der Waals surface area contributed by atoms with Gasteiger partial charge in [0.2, 0.25) is 0 Å². The van der Waals surface area contributed by atoms with Gasteiger partial charge in [-0.1, -0.05) is 31.2 Å². The van der Waals surface area contributed by atoms with Crippen LogP contribution in [0.25, 0.3) is 0 Å². The Balaban J connectivity index is 2.30. The minimum atomic E-state index is 0.796. The smallest absolute Gasteiger partial charge is 0.0590 e. The van der Waals surface area contributed by atoms with Crippen LogP contribution in [0, 0.1) is 0 Å². The molecule has 0 atom stereocenters. The first-order valence-corrected chi connectivity index (χ1v) is 5.73. The van der Waals surface area contributed by atoms with Crippen LogP contribution >= 0.6 is 0 Å². The van der Waals surface area contributed by atoms with Crippen LogP contribution in [0.5, 0.6) is 0 Å². The monoisotopic (exact) mass is 207 g/mol. The first-order chi connectivity index (χ1) is 7.38. The minimum Gasteiger partial charge on any atom is -0.380 e. The lowest BCUT2D eigenvalue weighted by Crippen LogP contribution is -2.19. The quantitative estimate of drug-likeness (QED) is 0.693. The fourth-order valence-electron chi connectivity index (χ4n) is 1.59. The van der Waals surface area contributed by atoms with Gasteiger partial charge in [0, 0.05) is 19.7 Å². The van der Waals surface area contributed by atoms with E-state index in [1.165, 1.54) is 11.1 Å². The van der Waals surface area contributed by atoms with Gasteiger partial charge >= 0.3 is 0 Å². The molecular weight excluding hydrogens is 186 g/mol. The first-order valence-electron chi connectivity index (χ1n) is 5.73. The third-order valence-electron chi connectivity index (χ3n) is 2.44. The number of aryl methyl sites for hydroxylation is 1. The topological polar surface area (TPSA) is 21.3 Å². The van der Waals surface area contributed by atoms with Gasteiger partial charge in [-0.3, -0.25) is 0 Å². The third-order valence-corrected chi connectivity index (χ3v) is 2.44. The highest BCUT2D eigenvalue weighted by Crippen LogP contribution is 2.08. The predicted molar refractivity (Wildman–Crippen MR) is 64.0 cm³/mol. The molecule has 1 rings (SSSR count). The number of nitrogens with one attached hydrogen (secondary N) is 1. The maximum absolute atomic E-state index is 5.27. The highest BCUT2D eigenvalue weighted by Gasteiger charge is 1.98. The fourth-order valence-corrected chi connectivity index (χ4v) is 1.59. The SMILES string of the molecule is CCOCCNCc1ccccc1CC. The number of benzene rings is 1. The van der Waals surface area contributed by atoms with Gasteiger partial charge in [-0.15, -0.1) is 0 Å². The average molecular weight is 207 g/mol. The van der Waals surface area contributed by atoms with Crippen molar-refractivity contribution < 1.29 is 4.74 Å². The Morgan fingerprint density at radius 2 is 1.87 bits per heavy atom. The zero-order valence-corrected chi connectivity index (χ0v) is 9.75. The van der Waals surface area contributed by atoms with Crippen molar-refractivity contribution in [3.63, 3.8) is 0 Å². The molecule has 1 aromatic carbocycles. The predicted octanol–water partition coefficient (Wildman–Crippen LogP) is 2.38. The zero-order chi connectivity index (χ0) is 10.9. The number of hydrogen-bond donors (Lipinski definition) is 1. The van der Waals surface area contributed by atoms with Crippen LogP contribution in [-0.4, -0.2) is 19.8 Å². The van der Waals surface area contributed by atoms with Crippen molar-refractivity contribution in [3.8, 4) is 0 Å². The normalized spacial score (nSPS) is 10.5. The van der Waals surface area contributed by atoms with E-state index >= 15 is 0 Å². The molecule has 1 N–H and O–H groups in total. The van der Waals surface area contributed by atoms with E-state index < -0.39 is 0 Å². The Labute approximate surface area is 92.6 Å². The van der Waals surface area contributed by atoms with Gasteiger partial charge in [-0.05, 0) is 24.5 Å². The van der Waals surface area contributed by atoms with Gasteiger partial charge < -0.3 is 10.1 Å². The van der Waals surface area contributed by atoms with Crippen LogP contribution < -0.4 is 5.32 Å².